The van der Waals surface area contributed by atoms with Crippen molar-refractivity contribution in [3.05, 3.63) is 42.6 Å². The van der Waals surface area contributed by atoms with Crippen molar-refractivity contribution in [1.82, 2.24) is 15.2 Å². The lowest BCUT2D eigenvalue weighted by atomic mass is 9.84. The van der Waals surface area contributed by atoms with Gasteiger partial charge in [-0.1, -0.05) is 37.1 Å². The molecule has 1 aromatic heterocycles. The molecule has 0 amide bonds. The fraction of sp³-hybridized carbons (Fsp3) is 0.357. The summed E-state index contributed by atoms with van der Waals surface area (Å²) in [4.78, 5) is 4.16. The average Bonchev–Trinajstić information content (AvgIpc) is 2.94. The Morgan fingerprint density at radius 3 is 2.71 bits per heavy atom. The summed E-state index contributed by atoms with van der Waals surface area (Å²) in [5, 5.41) is 6.83. The second-order valence-electron chi connectivity index (χ2n) is 4.60. The Balaban J connectivity index is 1.80. The predicted octanol–water partition coefficient (Wildman–Crippen LogP) is 3.33. The molecule has 1 unspecified atom stereocenters. The molecule has 3 rings (SSSR count). The van der Waals surface area contributed by atoms with Gasteiger partial charge >= 0.3 is 0 Å². The first kappa shape index (κ1) is 10.5. The molecule has 1 aliphatic carbocycles. The maximum absolute atomic E-state index is 4.16. The van der Waals surface area contributed by atoms with Crippen LogP contribution in [0.1, 0.15) is 37.2 Å². The highest BCUT2D eigenvalue weighted by Gasteiger charge is 2.15. The van der Waals surface area contributed by atoms with E-state index < -0.39 is 0 Å². The Hall–Kier alpha value is -1.64. The van der Waals surface area contributed by atoms with E-state index in [1.54, 1.807) is 6.33 Å². The molecule has 1 aliphatic rings. The molecule has 1 heterocycles. The number of rotatable bonds is 2. The van der Waals surface area contributed by atoms with Crippen molar-refractivity contribution in [2.24, 2.45) is 0 Å². The Bertz CT molecular complexity index is 453. The van der Waals surface area contributed by atoms with Gasteiger partial charge in [-0.05, 0) is 30.7 Å². The quantitative estimate of drug-likeness (QED) is 0.853. The molecular formula is C14H16N3. The van der Waals surface area contributed by atoms with Gasteiger partial charge in [-0.3, -0.25) is 5.10 Å². The van der Waals surface area contributed by atoms with Gasteiger partial charge in [-0.25, -0.2) is 4.98 Å². The van der Waals surface area contributed by atoms with Gasteiger partial charge in [0.05, 0.1) is 0 Å². The molecule has 17 heavy (non-hydrogen) atoms. The average molecular weight is 226 g/mol. The minimum absolute atomic E-state index is 0.713. The van der Waals surface area contributed by atoms with Crippen molar-refractivity contribution in [2.45, 2.75) is 31.6 Å². The number of hydrogen-bond donors (Lipinski definition) is 1. The summed E-state index contributed by atoms with van der Waals surface area (Å²) in [5.41, 5.74) is 2.52. The number of aromatic amines is 1. The van der Waals surface area contributed by atoms with Gasteiger partial charge in [-0.15, -0.1) is 0 Å². The van der Waals surface area contributed by atoms with Crippen LogP contribution < -0.4 is 0 Å². The minimum atomic E-state index is 0.713. The minimum Gasteiger partial charge on any atom is -0.265 e. The third-order valence-corrected chi connectivity index (χ3v) is 3.47. The molecule has 2 aromatic rings. The normalized spacial score (nSPS) is 17.2. The first-order chi connectivity index (χ1) is 8.43. The van der Waals surface area contributed by atoms with Gasteiger partial charge in [0.25, 0.3) is 0 Å². The molecule has 0 spiro atoms. The standard InChI is InChI=1S/C14H16N3/c1-2-4-11(5-3-1)12-6-8-13(9-7-12)14-15-10-16-17-14/h2,6-11H,1,3-5H2,(H,15,16,17). The SMILES string of the molecule is [CH]1CCCC(c2ccc(-c3nc[nH]n3)cc2)C1. The summed E-state index contributed by atoms with van der Waals surface area (Å²) in [5.74, 6) is 1.48. The third kappa shape index (κ3) is 2.23. The van der Waals surface area contributed by atoms with Crippen LogP contribution in [0, 0.1) is 6.42 Å². The molecule has 1 N–H and O–H groups in total. The summed E-state index contributed by atoms with van der Waals surface area (Å²) >= 11 is 0. The highest BCUT2D eigenvalue weighted by molar-refractivity contribution is 5.54. The van der Waals surface area contributed by atoms with Gasteiger partial charge < -0.3 is 0 Å². The number of nitrogens with zero attached hydrogens (tertiary/aromatic N) is 2. The molecule has 1 aromatic carbocycles. The van der Waals surface area contributed by atoms with Crippen LogP contribution in [-0.2, 0) is 0 Å². The van der Waals surface area contributed by atoms with Crippen molar-refractivity contribution in [3.8, 4) is 11.4 Å². The van der Waals surface area contributed by atoms with Crippen molar-refractivity contribution in [3.63, 3.8) is 0 Å². The molecule has 0 aliphatic heterocycles. The van der Waals surface area contributed by atoms with E-state index in [-0.39, 0.29) is 0 Å². The largest absolute Gasteiger partial charge is 0.265 e. The molecule has 1 atom stereocenters. The number of aromatic nitrogens is 3. The predicted molar refractivity (Wildman–Crippen MR) is 67.3 cm³/mol. The van der Waals surface area contributed by atoms with E-state index in [4.69, 9.17) is 0 Å². The van der Waals surface area contributed by atoms with Crippen LogP contribution in [0.15, 0.2) is 30.6 Å². The van der Waals surface area contributed by atoms with Crippen LogP contribution >= 0.6 is 0 Å². The second-order valence-corrected chi connectivity index (χ2v) is 4.60. The first-order valence-electron chi connectivity index (χ1n) is 6.21. The second kappa shape index (κ2) is 4.70. The molecule has 3 nitrogen and oxygen atoms in total. The van der Waals surface area contributed by atoms with Crippen LogP contribution in [0.2, 0.25) is 0 Å². The summed E-state index contributed by atoms with van der Waals surface area (Å²) < 4.78 is 0. The fourth-order valence-corrected chi connectivity index (χ4v) is 2.50. The molecule has 87 valence electrons. The maximum atomic E-state index is 4.16. The van der Waals surface area contributed by atoms with Crippen LogP contribution in [0.3, 0.4) is 0 Å². The van der Waals surface area contributed by atoms with Gasteiger partial charge in [0.15, 0.2) is 5.82 Å². The number of nitrogens with one attached hydrogen (secondary N) is 1. The highest BCUT2D eigenvalue weighted by atomic mass is 15.2. The zero-order valence-corrected chi connectivity index (χ0v) is 9.76. The molecule has 0 bridgehead atoms. The van der Waals surface area contributed by atoms with Crippen molar-refractivity contribution in [2.75, 3.05) is 0 Å². The van der Waals surface area contributed by atoms with E-state index in [1.165, 1.54) is 31.2 Å². The first-order valence-corrected chi connectivity index (χ1v) is 6.21. The van der Waals surface area contributed by atoms with Crippen molar-refractivity contribution in [1.29, 1.82) is 0 Å². The molecule has 0 saturated heterocycles. The van der Waals surface area contributed by atoms with Crippen LogP contribution in [0.5, 0.6) is 0 Å². The smallest absolute Gasteiger partial charge is 0.180 e. The fourth-order valence-electron chi connectivity index (χ4n) is 2.50. The summed E-state index contributed by atoms with van der Waals surface area (Å²) in [7, 11) is 0. The Morgan fingerprint density at radius 1 is 1.18 bits per heavy atom. The van der Waals surface area contributed by atoms with Crippen molar-refractivity contribution < 1.29 is 0 Å². The summed E-state index contributed by atoms with van der Waals surface area (Å²) in [6, 6.07) is 8.67. The summed E-state index contributed by atoms with van der Waals surface area (Å²) in [6.07, 6.45) is 9.17. The Morgan fingerprint density at radius 2 is 2.06 bits per heavy atom. The number of hydrogen-bond acceptors (Lipinski definition) is 2. The number of H-pyrrole nitrogens is 1. The number of benzene rings is 1. The molecule has 1 fully saturated rings. The monoisotopic (exact) mass is 226 g/mol. The Kier molecular flexibility index (Phi) is 2.90. The van der Waals surface area contributed by atoms with Gasteiger partial charge in [0.1, 0.15) is 6.33 Å². The van der Waals surface area contributed by atoms with Gasteiger partial charge in [-0.2, -0.15) is 5.10 Å². The van der Waals surface area contributed by atoms with Gasteiger partial charge in [0, 0.05) is 5.56 Å². The van der Waals surface area contributed by atoms with Crippen LogP contribution in [0.25, 0.3) is 11.4 Å². The Labute approximate surface area is 101 Å². The van der Waals surface area contributed by atoms with E-state index in [0.29, 0.717) is 5.92 Å². The molecule has 3 heteroatoms. The zero-order valence-electron chi connectivity index (χ0n) is 9.76. The van der Waals surface area contributed by atoms with Crippen LogP contribution in [0.4, 0.5) is 0 Å². The maximum Gasteiger partial charge on any atom is 0.180 e. The third-order valence-electron chi connectivity index (χ3n) is 3.47. The van der Waals surface area contributed by atoms with E-state index >= 15 is 0 Å². The lowest BCUT2D eigenvalue weighted by molar-refractivity contribution is 0.517. The van der Waals surface area contributed by atoms with Gasteiger partial charge in [0.2, 0.25) is 0 Å². The van der Waals surface area contributed by atoms with E-state index in [2.05, 4.69) is 45.9 Å². The molecule has 1 radical (unpaired) electrons. The lowest BCUT2D eigenvalue weighted by Gasteiger charge is -2.21. The molecule has 1 saturated carbocycles. The lowest BCUT2D eigenvalue weighted by Crippen LogP contribution is -2.04. The zero-order chi connectivity index (χ0) is 11.5. The summed E-state index contributed by atoms with van der Waals surface area (Å²) in [6.45, 7) is 0. The van der Waals surface area contributed by atoms with E-state index in [0.717, 1.165) is 11.4 Å². The molecular weight excluding hydrogens is 210 g/mol. The van der Waals surface area contributed by atoms with E-state index in [9.17, 15) is 0 Å². The van der Waals surface area contributed by atoms with Crippen LogP contribution in [-0.4, -0.2) is 15.2 Å². The van der Waals surface area contributed by atoms with Crippen molar-refractivity contribution >= 4 is 0 Å². The van der Waals surface area contributed by atoms with E-state index in [1.807, 2.05) is 0 Å². The topological polar surface area (TPSA) is 41.6 Å². The highest BCUT2D eigenvalue weighted by Crippen LogP contribution is 2.32.